The average molecular weight is 349 g/mol. The van der Waals surface area contributed by atoms with Crippen LogP contribution in [0, 0.1) is 0 Å². The number of anilines is 2. The van der Waals surface area contributed by atoms with Gasteiger partial charge in [-0.05, 0) is 37.6 Å². The second kappa shape index (κ2) is 6.35. The first-order valence-electron chi connectivity index (χ1n) is 7.65. The Morgan fingerprint density at radius 2 is 1.88 bits per heavy atom. The Bertz CT molecular complexity index is 678. The van der Waals surface area contributed by atoms with Crippen LogP contribution in [0.1, 0.15) is 19.8 Å². The summed E-state index contributed by atoms with van der Waals surface area (Å²) in [6, 6.07) is 6.28. The van der Waals surface area contributed by atoms with Crippen molar-refractivity contribution < 1.29 is 19.1 Å². The molecule has 8 heteroatoms. The van der Waals surface area contributed by atoms with Crippen LogP contribution in [-0.4, -0.2) is 46.6 Å². The zero-order valence-corrected chi connectivity index (χ0v) is 14.3. The van der Waals surface area contributed by atoms with Gasteiger partial charge >= 0.3 is 6.09 Å². The molecule has 0 spiro atoms. The van der Waals surface area contributed by atoms with Crippen molar-refractivity contribution in [2.24, 2.45) is 0 Å². The average Bonchev–Trinajstić information content (AvgIpc) is 3.06. The van der Waals surface area contributed by atoms with Crippen molar-refractivity contribution >= 4 is 41.0 Å². The summed E-state index contributed by atoms with van der Waals surface area (Å²) >= 11 is 1.66. The summed E-state index contributed by atoms with van der Waals surface area (Å²) in [6.07, 6.45) is 0.733. The van der Waals surface area contributed by atoms with Crippen LogP contribution in [0.2, 0.25) is 0 Å². The normalized spacial score (nSPS) is 25.3. The lowest BCUT2D eigenvalue weighted by molar-refractivity contribution is -0.135. The lowest BCUT2D eigenvalue weighted by atomic mass is 10.2. The first kappa shape index (κ1) is 16.6. The summed E-state index contributed by atoms with van der Waals surface area (Å²) in [5.41, 5.74) is 1.18. The number of amides is 3. The summed E-state index contributed by atoms with van der Waals surface area (Å²) in [6.45, 7) is 2.02. The molecule has 0 aliphatic carbocycles. The molecule has 1 aromatic rings. The number of ether oxygens (including phenoxy) is 1. The third-order valence-corrected chi connectivity index (χ3v) is 5.84. The molecule has 2 N–H and O–H groups in total. The lowest BCUT2D eigenvalue weighted by Gasteiger charge is -2.29. The lowest BCUT2D eigenvalue weighted by Crippen LogP contribution is -2.48. The van der Waals surface area contributed by atoms with Crippen LogP contribution in [0.25, 0.3) is 0 Å². The molecule has 24 heavy (non-hydrogen) atoms. The summed E-state index contributed by atoms with van der Waals surface area (Å²) in [7, 11) is 1.29. The Morgan fingerprint density at radius 1 is 1.25 bits per heavy atom. The van der Waals surface area contributed by atoms with E-state index in [1.54, 1.807) is 40.9 Å². The topological polar surface area (TPSA) is 87.7 Å². The van der Waals surface area contributed by atoms with Crippen LogP contribution in [0.5, 0.6) is 0 Å². The number of hydrogen-bond acceptors (Lipinski definition) is 5. The highest BCUT2D eigenvalue weighted by molar-refractivity contribution is 8.01. The minimum absolute atomic E-state index is 0.0419. The number of rotatable bonds is 3. The summed E-state index contributed by atoms with van der Waals surface area (Å²) < 4.78 is 4.52. The molecule has 7 nitrogen and oxygen atoms in total. The number of nitrogens with zero attached hydrogens (tertiary/aromatic N) is 1. The van der Waals surface area contributed by atoms with Gasteiger partial charge in [0.2, 0.25) is 11.8 Å². The van der Waals surface area contributed by atoms with Gasteiger partial charge in [-0.3, -0.25) is 14.9 Å². The number of nitrogens with one attached hydrogen (secondary N) is 2. The summed E-state index contributed by atoms with van der Waals surface area (Å²) in [5.74, 6) is 0.464. The van der Waals surface area contributed by atoms with E-state index >= 15 is 0 Å². The fraction of sp³-hybridized carbons (Fsp3) is 0.438. The van der Waals surface area contributed by atoms with E-state index in [9.17, 15) is 14.4 Å². The third kappa shape index (κ3) is 3.06. The van der Waals surface area contributed by atoms with Crippen LogP contribution < -0.4 is 10.6 Å². The second-order valence-electron chi connectivity index (χ2n) is 5.95. The van der Waals surface area contributed by atoms with Crippen molar-refractivity contribution in [2.75, 3.05) is 23.5 Å². The number of hydrogen-bond donors (Lipinski definition) is 2. The Labute approximate surface area is 144 Å². The molecule has 2 heterocycles. The van der Waals surface area contributed by atoms with E-state index in [0.29, 0.717) is 23.5 Å². The molecule has 2 unspecified atom stereocenters. The predicted molar refractivity (Wildman–Crippen MR) is 91.8 cm³/mol. The van der Waals surface area contributed by atoms with Gasteiger partial charge in [-0.1, -0.05) is 0 Å². The van der Waals surface area contributed by atoms with Gasteiger partial charge in [0.05, 0.1) is 12.0 Å². The highest BCUT2D eigenvalue weighted by Gasteiger charge is 2.52. The molecule has 3 rings (SSSR count). The van der Waals surface area contributed by atoms with Crippen LogP contribution >= 0.6 is 11.8 Å². The van der Waals surface area contributed by atoms with E-state index < -0.39 is 12.1 Å². The maximum absolute atomic E-state index is 12.5. The van der Waals surface area contributed by atoms with Gasteiger partial charge in [0.25, 0.3) is 0 Å². The number of methoxy groups -OCH3 is 1. The molecular formula is C16H19N3O4S. The van der Waals surface area contributed by atoms with Crippen LogP contribution in [-0.2, 0) is 14.3 Å². The molecule has 2 aliphatic heterocycles. The number of carbonyl (C=O) groups excluding carboxylic acids is 3. The number of benzene rings is 1. The first-order chi connectivity index (χ1) is 11.4. The molecule has 0 aromatic heterocycles. The van der Waals surface area contributed by atoms with Gasteiger partial charge in [0, 0.05) is 23.5 Å². The van der Waals surface area contributed by atoms with Gasteiger partial charge in [0.1, 0.15) is 6.04 Å². The molecule has 0 saturated carbocycles. The highest BCUT2D eigenvalue weighted by atomic mass is 32.2. The molecule has 1 aromatic carbocycles. The molecule has 2 atom stereocenters. The van der Waals surface area contributed by atoms with E-state index in [-0.39, 0.29) is 16.7 Å². The van der Waals surface area contributed by atoms with E-state index in [2.05, 4.69) is 15.4 Å². The van der Waals surface area contributed by atoms with Crippen molar-refractivity contribution in [3.05, 3.63) is 24.3 Å². The molecule has 3 amide bonds. The van der Waals surface area contributed by atoms with Crippen molar-refractivity contribution in [1.29, 1.82) is 0 Å². The Hall–Kier alpha value is -2.22. The van der Waals surface area contributed by atoms with E-state index in [0.717, 1.165) is 6.42 Å². The predicted octanol–water partition coefficient (Wildman–Crippen LogP) is 2.26. The minimum Gasteiger partial charge on any atom is -0.453 e. The minimum atomic E-state index is -0.554. The van der Waals surface area contributed by atoms with Gasteiger partial charge in [-0.25, -0.2) is 4.79 Å². The molecule has 2 saturated heterocycles. The molecule has 0 radical (unpaired) electrons. The third-order valence-electron chi connectivity index (χ3n) is 4.33. The largest absolute Gasteiger partial charge is 0.453 e. The number of carbonyl (C=O) groups is 3. The van der Waals surface area contributed by atoms with Gasteiger partial charge in [-0.2, -0.15) is 0 Å². The molecule has 128 valence electrons. The Kier molecular flexibility index (Phi) is 4.40. The quantitative estimate of drug-likeness (QED) is 0.874. The van der Waals surface area contributed by atoms with E-state index in [4.69, 9.17) is 0 Å². The van der Waals surface area contributed by atoms with Crippen molar-refractivity contribution in [2.45, 2.75) is 30.7 Å². The van der Waals surface area contributed by atoms with Crippen molar-refractivity contribution in [1.82, 2.24) is 4.90 Å². The highest BCUT2D eigenvalue weighted by Crippen LogP contribution is 2.47. The Morgan fingerprint density at radius 3 is 2.50 bits per heavy atom. The monoisotopic (exact) mass is 349 g/mol. The van der Waals surface area contributed by atoms with Crippen molar-refractivity contribution in [3.63, 3.8) is 0 Å². The fourth-order valence-electron chi connectivity index (χ4n) is 3.05. The first-order valence-corrected chi connectivity index (χ1v) is 8.63. The molecule has 0 bridgehead atoms. The van der Waals surface area contributed by atoms with E-state index in [1.807, 2.05) is 6.92 Å². The van der Waals surface area contributed by atoms with Gasteiger partial charge in [0.15, 0.2) is 0 Å². The van der Waals surface area contributed by atoms with Gasteiger partial charge < -0.3 is 15.0 Å². The standard InChI is InChI=1S/C16H19N3O4S/c1-16-8-7-13(20)19(16)12(9-24-16)14(21)17-10-3-5-11(6-4-10)18-15(22)23-2/h3-6,12H,7-9H2,1-2H3,(H,17,21)(H,18,22). The maximum Gasteiger partial charge on any atom is 0.411 e. The van der Waals surface area contributed by atoms with E-state index in [1.165, 1.54) is 7.11 Å². The zero-order chi connectivity index (χ0) is 17.3. The SMILES string of the molecule is COC(=O)Nc1ccc(NC(=O)C2CSC3(C)CCC(=O)N23)cc1. The smallest absolute Gasteiger partial charge is 0.411 e. The van der Waals surface area contributed by atoms with Crippen LogP contribution in [0.4, 0.5) is 16.2 Å². The summed E-state index contributed by atoms with van der Waals surface area (Å²) in [5, 5.41) is 5.38. The zero-order valence-electron chi connectivity index (χ0n) is 13.5. The van der Waals surface area contributed by atoms with Gasteiger partial charge in [-0.15, -0.1) is 11.8 Å². The number of fused-ring (bicyclic) bond motifs is 1. The van der Waals surface area contributed by atoms with Crippen LogP contribution in [0.15, 0.2) is 24.3 Å². The molecular weight excluding hydrogens is 330 g/mol. The van der Waals surface area contributed by atoms with Crippen LogP contribution in [0.3, 0.4) is 0 Å². The second-order valence-corrected chi connectivity index (χ2v) is 7.45. The molecule has 2 fully saturated rings. The van der Waals surface area contributed by atoms with Crippen molar-refractivity contribution in [3.8, 4) is 0 Å². The summed E-state index contributed by atoms with van der Waals surface area (Å²) in [4.78, 5) is 37.2. The molecule has 2 aliphatic rings. The fourth-order valence-corrected chi connectivity index (χ4v) is 4.48. The maximum atomic E-state index is 12.5. The Balaban J connectivity index is 1.65. The number of thioether (sulfide) groups is 1.